The zero-order chi connectivity index (χ0) is 20.7. The van der Waals surface area contributed by atoms with Gasteiger partial charge in [0.25, 0.3) is 0 Å². The van der Waals surface area contributed by atoms with Gasteiger partial charge in [0.05, 0.1) is 11.3 Å². The topological polar surface area (TPSA) is 71.3 Å². The maximum Gasteiger partial charge on any atom is 0.231 e. The minimum absolute atomic E-state index is 0.0159. The van der Waals surface area contributed by atoms with Crippen molar-refractivity contribution in [1.29, 1.82) is 0 Å². The van der Waals surface area contributed by atoms with Crippen LogP contribution in [0.3, 0.4) is 0 Å². The van der Waals surface area contributed by atoms with E-state index in [0.717, 1.165) is 53.2 Å². The van der Waals surface area contributed by atoms with Crippen molar-refractivity contribution in [2.45, 2.75) is 40.5 Å². The fraction of sp³-hybridized carbons (Fsp3) is 0.409. The molecule has 0 unspecified atom stereocenters. The average Bonchev–Trinajstić information content (AvgIpc) is 2.97. The normalized spacial score (nSPS) is 17.0. The molecule has 29 heavy (non-hydrogen) atoms. The quantitative estimate of drug-likeness (QED) is 0.657. The van der Waals surface area contributed by atoms with E-state index in [1.165, 1.54) is 0 Å². The van der Waals surface area contributed by atoms with Crippen molar-refractivity contribution in [1.82, 2.24) is 9.97 Å². The van der Waals surface area contributed by atoms with Gasteiger partial charge in [0.15, 0.2) is 0 Å². The summed E-state index contributed by atoms with van der Waals surface area (Å²) in [6, 6.07) is 5.53. The van der Waals surface area contributed by atoms with Crippen LogP contribution in [0.25, 0.3) is 11.1 Å². The van der Waals surface area contributed by atoms with Crippen LogP contribution in [-0.2, 0) is 4.79 Å². The second-order valence-corrected chi connectivity index (χ2v) is 8.23. The fourth-order valence-corrected chi connectivity index (χ4v) is 4.08. The van der Waals surface area contributed by atoms with Crippen molar-refractivity contribution in [3.63, 3.8) is 0 Å². The molecule has 7 heteroatoms. The number of rotatable bonds is 3. The highest BCUT2D eigenvalue weighted by Crippen LogP contribution is 2.33. The van der Waals surface area contributed by atoms with E-state index in [9.17, 15) is 4.79 Å². The van der Waals surface area contributed by atoms with Crippen molar-refractivity contribution in [2.75, 3.05) is 23.3 Å². The second kappa shape index (κ2) is 7.67. The molecule has 1 aromatic carbocycles. The van der Waals surface area contributed by atoms with Crippen molar-refractivity contribution < 1.29 is 9.21 Å². The van der Waals surface area contributed by atoms with Gasteiger partial charge in [0.1, 0.15) is 17.4 Å². The summed E-state index contributed by atoms with van der Waals surface area (Å²) in [5.74, 6) is 2.27. The Morgan fingerprint density at radius 3 is 2.83 bits per heavy atom. The SMILES string of the molecule is Cc1nc(N2CCC[C@H](C(=O)Nc3cc(Cl)ccc3C)C2)c2c(C)c(C)oc2n1. The van der Waals surface area contributed by atoms with Gasteiger partial charge in [-0.3, -0.25) is 4.79 Å². The molecule has 0 spiro atoms. The summed E-state index contributed by atoms with van der Waals surface area (Å²) < 4.78 is 5.82. The van der Waals surface area contributed by atoms with Gasteiger partial charge in [-0.15, -0.1) is 0 Å². The molecule has 1 amide bonds. The standard InChI is InChI=1S/C22H25ClN4O2/c1-12-7-8-17(23)10-18(12)26-21(28)16-6-5-9-27(11-16)20-19-13(2)14(3)29-22(19)25-15(4)24-20/h7-8,10,16H,5-6,9,11H2,1-4H3,(H,26,28)/t16-/m0/s1. The molecule has 0 aliphatic carbocycles. The molecule has 0 saturated carbocycles. The first-order valence-corrected chi connectivity index (χ1v) is 10.3. The lowest BCUT2D eigenvalue weighted by Crippen LogP contribution is -2.41. The number of hydrogen-bond acceptors (Lipinski definition) is 5. The number of nitrogens with one attached hydrogen (secondary N) is 1. The van der Waals surface area contributed by atoms with E-state index in [-0.39, 0.29) is 11.8 Å². The van der Waals surface area contributed by atoms with Crippen LogP contribution in [0.15, 0.2) is 22.6 Å². The highest BCUT2D eigenvalue weighted by Gasteiger charge is 2.29. The summed E-state index contributed by atoms with van der Waals surface area (Å²) in [4.78, 5) is 24.3. The van der Waals surface area contributed by atoms with Gasteiger partial charge in [0, 0.05) is 29.4 Å². The molecule has 0 bridgehead atoms. The van der Waals surface area contributed by atoms with Crippen molar-refractivity contribution >= 4 is 40.1 Å². The lowest BCUT2D eigenvalue weighted by Gasteiger charge is -2.33. The molecule has 1 aliphatic heterocycles. The molecule has 1 atom stereocenters. The molecule has 1 fully saturated rings. The first-order valence-electron chi connectivity index (χ1n) is 9.90. The number of carbonyl (C=O) groups is 1. The Labute approximate surface area is 175 Å². The van der Waals surface area contributed by atoms with Gasteiger partial charge in [-0.05, 0) is 58.2 Å². The fourth-order valence-electron chi connectivity index (χ4n) is 3.91. The van der Waals surface area contributed by atoms with E-state index in [4.69, 9.17) is 21.0 Å². The number of furan rings is 1. The average molecular weight is 413 g/mol. The largest absolute Gasteiger partial charge is 0.443 e. The molecular formula is C22H25ClN4O2. The van der Waals surface area contributed by atoms with E-state index in [1.54, 1.807) is 6.07 Å². The number of hydrogen-bond donors (Lipinski definition) is 1. The summed E-state index contributed by atoms with van der Waals surface area (Å²) in [6.07, 6.45) is 1.77. The Hall–Kier alpha value is -2.60. The van der Waals surface area contributed by atoms with Gasteiger partial charge in [-0.1, -0.05) is 17.7 Å². The highest BCUT2D eigenvalue weighted by molar-refractivity contribution is 6.31. The van der Waals surface area contributed by atoms with Gasteiger partial charge in [0.2, 0.25) is 11.6 Å². The lowest BCUT2D eigenvalue weighted by atomic mass is 9.96. The van der Waals surface area contributed by atoms with Crippen LogP contribution in [0.4, 0.5) is 11.5 Å². The minimum atomic E-state index is -0.124. The van der Waals surface area contributed by atoms with Gasteiger partial charge in [-0.2, -0.15) is 4.98 Å². The molecule has 6 nitrogen and oxygen atoms in total. The zero-order valence-corrected chi connectivity index (χ0v) is 17.9. The smallest absolute Gasteiger partial charge is 0.231 e. The third-order valence-electron chi connectivity index (χ3n) is 5.67. The minimum Gasteiger partial charge on any atom is -0.443 e. The number of anilines is 2. The molecule has 1 saturated heterocycles. The molecule has 4 rings (SSSR count). The number of halogens is 1. The Balaban J connectivity index is 1.60. The molecule has 3 aromatic rings. The number of carbonyl (C=O) groups excluding carboxylic acids is 1. The van der Waals surface area contributed by atoms with Crippen molar-refractivity contribution in [2.24, 2.45) is 5.92 Å². The molecule has 0 radical (unpaired) electrons. The predicted molar refractivity (Wildman–Crippen MR) is 116 cm³/mol. The number of piperidine rings is 1. The third-order valence-corrected chi connectivity index (χ3v) is 5.91. The van der Waals surface area contributed by atoms with Gasteiger partial charge < -0.3 is 14.6 Å². The number of amides is 1. The lowest BCUT2D eigenvalue weighted by molar-refractivity contribution is -0.120. The third kappa shape index (κ3) is 3.81. The maximum absolute atomic E-state index is 13.0. The Morgan fingerprint density at radius 1 is 1.24 bits per heavy atom. The second-order valence-electron chi connectivity index (χ2n) is 7.79. The van der Waals surface area contributed by atoms with Gasteiger partial charge >= 0.3 is 0 Å². The molecular weight excluding hydrogens is 388 g/mol. The Bertz CT molecular complexity index is 1090. The predicted octanol–water partition coefficient (Wildman–Crippen LogP) is 4.96. The van der Waals surface area contributed by atoms with Crippen LogP contribution in [-0.4, -0.2) is 29.0 Å². The van der Waals surface area contributed by atoms with E-state index < -0.39 is 0 Å². The molecule has 1 aliphatic rings. The molecule has 152 valence electrons. The number of aromatic nitrogens is 2. The monoisotopic (exact) mass is 412 g/mol. The number of benzene rings is 1. The van der Waals surface area contributed by atoms with Crippen molar-refractivity contribution in [3.8, 4) is 0 Å². The summed E-state index contributed by atoms with van der Waals surface area (Å²) in [5, 5.41) is 4.61. The van der Waals surface area contributed by atoms with E-state index in [2.05, 4.69) is 15.2 Å². The zero-order valence-electron chi connectivity index (χ0n) is 17.2. The highest BCUT2D eigenvalue weighted by atomic mass is 35.5. The maximum atomic E-state index is 13.0. The van der Waals surface area contributed by atoms with Crippen LogP contribution in [0.2, 0.25) is 5.02 Å². The number of fused-ring (bicyclic) bond motifs is 1. The van der Waals surface area contributed by atoms with Crippen LogP contribution < -0.4 is 10.2 Å². The summed E-state index contributed by atoms with van der Waals surface area (Å²) >= 11 is 6.09. The first kappa shape index (κ1) is 19.7. The first-order chi connectivity index (χ1) is 13.8. The van der Waals surface area contributed by atoms with E-state index in [0.29, 0.717) is 23.1 Å². The van der Waals surface area contributed by atoms with Gasteiger partial charge in [-0.25, -0.2) is 4.98 Å². The number of nitrogens with zero attached hydrogens (tertiary/aromatic N) is 3. The summed E-state index contributed by atoms with van der Waals surface area (Å²) in [7, 11) is 0. The molecule has 2 aromatic heterocycles. The summed E-state index contributed by atoms with van der Waals surface area (Å²) in [6.45, 7) is 9.26. The summed E-state index contributed by atoms with van der Waals surface area (Å²) in [5.41, 5.74) is 3.42. The molecule has 3 heterocycles. The van der Waals surface area contributed by atoms with E-state index >= 15 is 0 Å². The van der Waals surface area contributed by atoms with Crippen LogP contribution in [0, 0.1) is 33.6 Å². The van der Waals surface area contributed by atoms with Crippen LogP contribution >= 0.6 is 11.6 Å². The molecule has 1 N–H and O–H groups in total. The Kier molecular flexibility index (Phi) is 5.21. The van der Waals surface area contributed by atoms with E-state index in [1.807, 2.05) is 39.8 Å². The Morgan fingerprint density at radius 2 is 2.03 bits per heavy atom. The van der Waals surface area contributed by atoms with Crippen LogP contribution in [0.5, 0.6) is 0 Å². The number of aryl methyl sites for hydroxylation is 4. The van der Waals surface area contributed by atoms with Crippen molar-refractivity contribution in [3.05, 3.63) is 45.9 Å². The van der Waals surface area contributed by atoms with Crippen LogP contribution in [0.1, 0.15) is 35.6 Å².